The predicted octanol–water partition coefficient (Wildman–Crippen LogP) is 4.20. The summed E-state index contributed by atoms with van der Waals surface area (Å²) in [6, 6.07) is 14.9. The summed E-state index contributed by atoms with van der Waals surface area (Å²) < 4.78 is 5.28. The summed E-state index contributed by atoms with van der Waals surface area (Å²) in [7, 11) is 1.68. The molecule has 0 radical (unpaired) electrons. The Morgan fingerprint density at radius 3 is 2.46 bits per heavy atom. The second-order valence-corrected chi connectivity index (χ2v) is 7.77. The summed E-state index contributed by atoms with van der Waals surface area (Å²) in [5, 5.41) is 3.18. The third kappa shape index (κ3) is 5.35. The van der Waals surface area contributed by atoms with E-state index in [1.165, 1.54) is 35.1 Å². The number of carbonyl (C=O) groups is 1. The molecule has 1 aliphatic heterocycles. The molecule has 1 saturated heterocycles. The summed E-state index contributed by atoms with van der Waals surface area (Å²) in [6.07, 6.45) is 3.77. The average molecular weight is 381 g/mol. The quantitative estimate of drug-likeness (QED) is 0.746. The fourth-order valence-electron chi connectivity index (χ4n) is 4.01. The topological polar surface area (TPSA) is 41.6 Å². The van der Waals surface area contributed by atoms with Crippen molar-refractivity contribution < 1.29 is 9.53 Å². The van der Waals surface area contributed by atoms with Crippen LogP contribution in [0.25, 0.3) is 0 Å². The highest BCUT2D eigenvalue weighted by atomic mass is 16.5. The van der Waals surface area contributed by atoms with E-state index in [1.54, 1.807) is 7.11 Å². The van der Waals surface area contributed by atoms with Crippen molar-refractivity contribution >= 4 is 5.91 Å². The molecule has 1 unspecified atom stereocenters. The molecule has 1 amide bonds. The van der Waals surface area contributed by atoms with Crippen molar-refractivity contribution in [3.05, 3.63) is 64.7 Å². The zero-order valence-electron chi connectivity index (χ0n) is 17.3. The molecule has 150 valence electrons. The number of likely N-dealkylation sites (tertiary alicyclic amines) is 1. The molecule has 4 heteroatoms. The lowest BCUT2D eigenvalue weighted by Crippen LogP contribution is -2.36. The third-order valence-corrected chi connectivity index (χ3v) is 5.69. The van der Waals surface area contributed by atoms with Crippen LogP contribution in [0, 0.1) is 13.8 Å². The molecule has 1 aliphatic rings. The number of rotatable bonds is 8. The number of ether oxygens (including phenoxy) is 1. The fourth-order valence-corrected chi connectivity index (χ4v) is 4.01. The number of nitrogens with zero attached hydrogens (tertiary/aromatic N) is 1. The molecule has 3 rings (SSSR count). The number of hydrogen-bond donors (Lipinski definition) is 1. The van der Waals surface area contributed by atoms with Gasteiger partial charge in [0.15, 0.2) is 0 Å². The summed E-state index contributed by atoms with van der Waals surface area (Å²) in [5.74, 6) is 0.985. The summed E-state index contributed by atoms with van der Waals surface area (Å²) in [5.41, 5.74) is 5.02. The highest BCUT2D eigenvalue weighted by Crippen LogP contribution is 2.26. The molecule has 1 fully saturated rings. The Bertz CT molecular complexity index is 780. The standard InChI is InChI=1S/C24H32N2O2/c1-18-6-7-20(19(2)16-18)10-13-24(27)25-17-23(26-14-4-5-15-26)21-8-11-22(28-3)12-9-21/h6-9,11-12,16,23H,4-5,10,13-15,17H2,1-3H3,(H,25,27). The first-order chi connectivity index (χ1) is 13.6. The second-order valence-electron chi connectivity index (χ2n) is 7.77. The van der Waals surface area contributed by atoms with Crippen LogP contribution in [0.4, 0.5) is 0 Å². The van der Waals surface area contributed by atoms with Crippen molar-refractivity contribution in [3.63, 3.8) is 0 Å². The Morgan fingerprint density at radius 1 is 1.11 bits per heavy atom. The number of nitrogens with one attached hydrogen (secondary N) is 1. The molecule has 0 saturated carbocycles. The van der Waals surface area contributed by atoms with Crippen LogP contribution in [-0.4, -0.2) is 37.6 Å². The lowest BCUT2D eigenvalue weighted by Gasteiger charge is -2.28. The molecular weight excluding hydrogens is 348 g/mol. The number of hydrogen-bond acceptors (Lipinski definition) is 3. The SMILES string of the molecule is COc1ccc(C(CNC(=O)CCc2ccc(C)cc2C)N2CCCC2)cc1. The maximum Gasteiger partial charge on any atom is 0.220 e. The molecular formula is C24H32N2O2. The van der Waals surface area contributed by atoms with Gasteiger partial charge in [-0.3, -0.25) is 9.69 Å². The Hall–Kier alpha value is -2.33. The molecule has 0 aliphatic carbocycles. The monoisotopic (exact) mass is 380 g/mol. The minimum absolute atomic E-state index is 0.123. The maximum atomic E-state index is 12.5. The van der Waals surface area contributed by atoms with Crippen molar-refractivity contribution in [1.82, 2.24) is 10.2 Å². The summed E-state index contributed by atoms with van der Waals surface area (Å²) in [6.45, 7) is 7.05. The number of methoxy groups -OCH3 is 1. The molecule has 1 N–H and O–H groups in total. The van der Waals surface area contributed by atoms with Crippen molar-refractivity contribution in [2.75, 3.05) is 26.7 Å². The molecule has 0 spiro atoms. The minimum Gasteiger partial charge on any atom is -0.497 e. The van der Waals surface area contributed by atoms with Crippen LogP contribution in [0.1, 0.15) is 47.6 Å². The molecule has 2 aromatic carbocycles. The van der Waals surface area contributed by atoms with Crippen LogP contribution in [0.2, 0.25) is 0 Å². The van der Waals surface area contributed by atoms with Gasteiger partial charge in [-0.05, 0) is 75.0 Å². The highest BCUT2D eigenvalue weighted by molar-refractivity contribution is 5.76. The number of carbonyl (C=O) groups excluding carboxylic acids is 1. The number of aryl methyl sites for hydroxylation is 3. The van der Waals surface area contributed by atoms with E-state index in [9.17, 15) is 4.79 Å². The van der Waals surface area contributed by atoms with Crippen LogP contribution in [-0.2, 0) is 11.2 Å². The Labute approximate surface area is 168 Å². The first-order valence-corrected chi connectivity index (χ1v) is 10.3. The van der Waals surface area contributed by atoms with Crippen LogP contribution in [0.3, 0.4) is 0 Å². The fraction of sp³-hybridized carbons (Fsp3) is 0.458. The van der Waals surface area contributed by atoms with Crippen LogP contribution < -0.4 is 10.1 Å². The number of amides is 1. The number of benzene rings is 2. The molecule has 1 heterocycles. The van der Waals surface area contributed by atoms with Gasteiger partial charge < -0.3 is 10.1 Å². The maximum absolute atomic E-state index is 12.5. The molecule has 4 nitrogen and oxygen atoms in total. The molecule has 28 heavy (non-hydrogen) atoms. The molecule has 1 atom stereocenters. The summed E-state index contributed by atoms with van der Waals surface area (Å²) in [4.78, 5) is 15.0. The minimum atomic E-state index is 0.123. The third-order valence-electron chi connectivity index (χ3n) is 5.69. The lowest BCUT2D eigenvalue weighted by atomic mass is 10.0. The predicted molar refractivity (Wildman–Crippen MR) is 114 cm³/mol. The van der Waals surface area contributed by atoms with Gasteiger partial charge in [0.1, 0.15) is 5.75 Å². The average Bonchev–Trinajstić information content (AvgIpc) is 3.22. The van der Waals surface area contributed by atoms with Gasteiger partial charge in [0, 0.05) is 13.0 Å². The van der Waals surface area contributed by atoms with Gasteiger partial charge in [-0.25, -0.2) is 0 Å². The van der Waals surface area contributed by atoms with E-state index in [1.807, 2.05) is 12.1 Å². The Kier molecular flexibility index (Phi) is 7.10. The Balaban J connectivity index is 1.58. The molecule has 2 aromatic rings. The normalized spacial score (nSPS) is 15.4. The van der Waals surface area contributed by atoms with Crippen LogP contribution in [0.5, 0.6) is 5.75 Å². The van der Waals surface area contributed by atoms with Gasteiger partial charge in [-0.1, -0.05) is 35.9 Å². The van der Waals surface area contributed by atoms with Crippen LogP contribution in [0.15, 0.2) is 42.5 Å². The largest absolute Gasteiger partial charge is 0.497 e. The highest BCUT2D eigenvalue weighted by Gasteiger charge is 2.24. The zero-order valence-corrected chi connectivity index (χ0v) is 17.3. The van der Waals surface area contributed by atoms with Crippen molar-refractivity contribution in [3.8, 4) is 5.75 Å². The van der Waals surface area contributed by atoms with Crippen molar-refractivity contribution in [1.29, 1.82) is 0 Å². The van der Waals surface area contributed by atoms with E-state index in [2.05, 4.69) is 54.4 Å². The van der Waals surface area contributed by atoms with E-state index in [0.29, 0.717) is 13.0 Å². The Morgan fingerprint density at radius 2 is 1.82 bits per heavy atom. The van der Waals surface area contributed by atoms with E-state index in [4.69, 9.17) is 4.74 Å². The van der Waals surface area contributed by atoms with E-state index in [0.717, 1.165) is 25.3 Å². The van der Waals surface area contributed by atoms with Gasteiger partial charge >= 0.3 is 0 Å². The smallest absolute Gasteiger partial charge is 0.220 e. The van der Waals surface area contributed by atoms with E-state index in [-0.39, 0.29) is 11.9 Å². The van der Waals surface area contributed by atoms with Gasteiger partial charge in [0.05, 0.1) is 13.2 Å². The van der Waals surface area contributed by atoms with Gasteiger partial charge in [0.25, 0.3) is 0 Å². The second kappa shape index (κ2) is 9.74. The van der Waals surface area contributed by atoms with Crippen LogP contribution >= 0.6 is 0 Å². The summed E-state index contributed by atoms with van der Waals surface area (Å²) >= 11 is 0. The lowest BCUT2D eigenvalue weighted by molar-refractivity contribution is -0.121. The van der Waals surface area contributed by atoms with Gasteiger partial charge in [-0.15, -0.1) is 0 Å². The zero-order chi connectivity index (χ0) is 19.9. The van der Waals surface area contributed by atoms with E-state index < -0.39 is 0 Å². The molecule has 0 bridgehead atoms. The van der Waals surface area contributed by atoms with Gasteiger partial charge in [0.2, 0.25) is 5.91 Å². The van der Waals surface area contributed by atoms with Gasteiger partial charge in [-0.2, -0.15) is 0 Å². The van der Waals surface area contributed by atoms with Crippen molar-refractivity contribution in [2.45, 2.75) is 45.6 Å². The molecule has 0 aromatic heterocycles. The first-order valence-electron chi connectivity index (χ1n) is 10.3. The van der Waals surface area contributed by atoms with E-state index >= 15 is 0 Å². The van der Waals surface area contributed by atoms with Crippen molar-refractivity contribution in [2.24, 2.45) is 0 Å². The first kappa shape index (κ1) is 20.4.